The second kappa shape index (κ2) is 5.97. The average Bonchev–Trinajstić information content (AvgIpc) is 3.18. The first-order valence-corrected chi connectivity index (χ1v) is 9.38. The zero-order valence-electron chi connectivity index (χ0n) is 14.4. The van der Waals surface area contributed by atoms with Crippen molar-refractivity contribution in [2.45, 2.75) is 31.8 Å². The number of imide groups is 1. The van der Waals surface area contributed by atoms with Crippen LogP contribution in [0, 0.1) is 0 Å². The van der Waals surface area contributed by atoms with Crippen LogP contribution < -0.4 is 5.32 Å². The molecule has 1 aromatic heterocycles. The normalized spacial score (nSPS) is 26.6. The van der Waals surface area contributed by atoms with Crippen LogP contribution in [0.1, 0.15) is 35.9 Å². The fourth-order valence-corrected chi connectivity index (χ4v) is 4.69. The number of thiophene rings is 1. The first kappa shape index (κ1) is 16.3. The summed E-state index contributed by atoms with van der Waals surface area (Å²) in [5.74, 6) is -0.188. The van der Waals surface area contributed by atoms with Gasteiger partial charge in [0, 0.05) is 17.5 Å². The van der Waals surface area contributed by atoms with Crippen LogP contribution in [0.5, 0.6) is 0 Å². The van der Waals surface area contributed by atoms with Gasteiger partial charge in [0.05, 0.1) is 6.67 Å². The molecule has 6 heteroatoms. The Morgan fingerprint density at radius 2 is 2.00 bits per heavy atom. The molecule has 1 N–H and O–H groups in total. The van der Waals surface area contributed by atoms with Gasteiger partial charge in [0.15, 0.2) is 0 Å². The van der Waals surface area contributed by atoms with Crippen molar-refractivity contribution in [2.75, 3.05) is 13.2 Å². The maximum absolute atomic E-state index is 13.0. The van der Waals surface area contributed by atoms with E-state index < -0.39 is 5.54 Å². The SMILES string of the molecule is C[C@H]1c2ccsc2CCN1CN1C(=O)N[C@](C)(c2ccccc2)C1=O. The van der Waals surface area contributed by atoms with E-state index in [1.165, 1.54) is 15.3 Å². The Bertz CT molecular complexity index is 819. The lowest BCUT2D eigenvalue weighted by molar-refractivity contribution is -0.132. The van der Waals surface area contributed by atoms with Gasteiger partial charge in [0.2, 0.25) is 0 Å². The Kier molecular flexibility index (Phi) is 3.89. The van der Waals surface area contributed by atoms with Crippen molar-refractivity contribution in [3.63, 3.8) is 0 Å². The topological polar surface area (TPSA) is 52.6 Å². The summed E-state index contributed by atoms with van der Waals surface area (Å²) in [5, 5.41) is 4.99. The molecule has 0 unspecified atom stereocenters. The molecule has 0 saturated carbocycles. The highest BCUT2D eigenvalue weighted by molar-refractivity contribution is 7.10. The van der Waals surface area contributed by atoms with E-state index in [0.717, 1.165) is 18.5 Å². The summed E-state index contributed by atoms with van der Waals surface area (Å²) in [6, 6.07) is 11.5. The van der Waals surface area contributed by atoms with Gasteiger partial charge < -0.3 is 5.32 Å². The first-order chi connectivity index (χ1) is 12.0. The van der Waals surface area contributed by atoms with Crippen molar-refractivity contribution in [3.05, 3.63) is 57.8 Å². The van der Waals surface area contributed by atoms with Gasteiger partial charge in [-0.2, -0.15) is 0 Å². The summed E-state index contributed by atoms with van der Waals surface area (Å²) in [5.41, 5.74) is 1.13. The maximum Gasteiger partial charge on any atom is 0.326 e. The van der Waals surface area contributed by atoms with Gasteiger partial charge in [-0.15, -0.1) is 11.3 Å². The number of urea groups is 1. The third-order valence-electron chi connectivity index (χ3n) is 5.35. The minimum absolute atomic E-state index is 0.188. The summed E-state index contributed by atoms with van der Waals surface area (Å²) in [4.78, 5) is 30.5. The number of fused-ring (bicyclic) bond motifs is 1. The minimum atomic E-state index is -0.995. The molecule has 4 rings (SSSR count). The van der Waals surface area contributed by atoms with Crippen molar-refractivity contribution in [2.24, 2.45) is 0 Å². The van der Waals surface area contributed by atoms with Gasteiger partial charge in [-0.25, -0.2) is 9.69 Å². The van der Waals surface area contributed by atoms with E-state index in [1.807, 2.05) is 30.3 Å². The number of carbonyl (C=O) groups is 2. The van der Waals surface area contributed by atoms with Crippen LogP contribution in [-0.4, -0.2) is 35.0 Å². The van der Waals surface area contributed by atoms with E-state index in [9.17, 15) is 9.59 Å². The summed E-state index contributed by atoms with van der Waals surface area (Å²) in [6.45, 7) is 5.09. The predicted molar refractivity (Wildman–Crippen MR) is 97.2 cm³/mol. The van der Waals surface area contributed by atoms with E-state index in [4.69, 9.17) is 0 Å². The summed E-state index contributed by atoms with van der Waals surface area (Å²) in [6.07, 6.45) is 0.969. The molecule has 25 heavy (non-hydrogen) atoms. The highest BCUT2D eigenvalue weighted by Gasteiger charge is 2.49. The molecule has 2 aliphatic heterocycles. The highest BCUT2D eigenvalue weighted by Crippen LogP contribution is 2.34. The fraction of sp³-hybridized carbons (Fsp3) is 0.368. The van der Waals surface area contributed by atoms with Gasteiger partial charge in [0.1, 0.15) is 5.54 Å². The fourth-order valence-electron chi connectivity index (χ4n) is 3.73. The molecule has 3 amide bonds. The van der Waals surface area contributed by atoms with E-state index in [2.05, 4.69) is 28.6 Å². The number of amides is 3. The number of nitrogens with one attached hydrogen (secondary N) is 1. The van der Waals surface area contributed by atoms with Crippen molar-refractivity contribution >= 4 is 23.3 Å². The molecule has 5 nitrogen and oxygen atoms in total. The van der Waals surface area contributed by atoms with Crippen LogP contribution >= 0.6 is 11.3 Å². The third-order valence-corrected chi connectivity index (χ3v) is 6.35. The summed E-state index contributed by atoms with van der Waals surface area (Å²) < 4.78 is 0. The van der Waals surface area contributed by atoms with Crippen molar-refractivity contribution in [3.8, 4) is 0 Å². The molecule has 0 spiro atoms. The van der Waals surface area contributed by atoms with Gasteiger partial charge in [-0.1, -0.05) is 30.3 Å². The molecule has 130 valence electrons. The van der Waals surface area contributed by atoms with Gasteiger partial charge >= 0.3 is 6.03 Å². The molecular weight excluding hydrogens is 334 g/mol. The summed E-state index contributed by atoms with van der Waals surface area (Å²) in [7, 11) is 0. The lowest BCUT2D eigenvalue weighted by Crippen LogP contribution is -2.46. The molecule has 0 radical (unpaired) electrons. The van der Waals surface area contributed by atoms with Crippen LogP contribution in [0.4, 0.5) is 4.79 Å². The van der Waals surface area contributed by atoms with Gasteiger partial charge in [-0.05, 0) is 42.8 Å². The zero-order chi connectivity index (χ0) is 17.6. The van der Waals surface area contributed by atoms with Crippen LogP contribution in [0.2, 0.25) is 0 Å². The van der Waals surface area contributed by atoms with E-state index in [1.54, 1.807) is 18.3 Å². The smallest absolute Gasteiger partial charge is 0.319 e. The van der Waals surface area contributed by atoms with Crippen LogP contribution in [-0.2, 0) is 16.8 Å². The van der Waals surface area contributed by atoms with Crippen molar-refractivity contribution in [1.82, 2.24) is 15.1 Å². The minimum Gasteiger partial charge on any atom is -0.319 e. The molecule has 0 aliphatic carbocycles. The molecular formula is C19H21N3O2S. The van der Waals surface area contributed by atoms with E-state index >= 15 is 0 Å². The van der Waals surface area contributed by atoms with Crippen molar-refractivity contribution in [1.29, 1.82) is 0 Å². The quantitative estimate of drug-likeness (QED) is 0.861. The predicted octanol–water partition coefficient (Wildman–Crippen LogP) is 3.09. The van der Waals surface area contributed by atoms with Crippen LogP contribution in [0.15, 0.2) is 41.8 Å². The number of benzene rings is 1. The molecule has 1 aromatic carbocycles. The lowest BCUT2D eigenvalue weighted by Gasteiger charge is -2.35. The molecule has 2 aromatic rings. The second-order valence-electron chi connectivity index (χ2n) is 6.83. The summed E-state index contributed by atoms with van der Waals surface area (Å²) >= 11 is 1.79. The van der Waals surface area contributed by atoms with Crippen LogP contribution in [0.3, 0.4) is 0 Å². The molecule has 0 bridgehead atoms. The molecule has 2 aliphatic rings. The van der Waals surface area contributed by atoms with Crippen molar-refractivity contribution < 1.29 is 9.59 Å². The van der Waals surface area contributed by atoms with Gasteiger partial charge in [0.25, 0.3) is 5.91 Å². The Labute approximate surface area is 151 Å². The first-order valence-electron chi connectivity index (χ1n) is 8.50. The molecule has 3 heterocycles. The molecule has 1 saturated heterocycles. The monoisotopic (exact) mass is 355 g/mol. The van der Waals surface area contributed by atoms with Gasteiger partial charge in [-0.3, -0.25) is 9.69 Å². The number of rotatable bonds is 3. The number of carbonyl (C=O) groups excluding carboxylic acids is 2. The largest absolute Gasteiger partial charge is 0.326 e. The highest BCUT2D eigenvalue weighted by atomic mass is 32.1. The number of hydrogen-bond donors (Lipinski definition) is 1. The maximum atomic E-state index is 13.0. The van der Waals surface area contributed by atoms with E-state index in [0.29, 0.717) is 6.67 Å². The Balaban J connectivity index is 1.56. The Morgan fingerprint density at radius 3 is 2.76 bits per heavy atom. The third kappa shape index (κ3) is 2.56. The Morgan fingerprint density at radius 1 is 1.24 bits per heavy atom. The number of hydrogen-bond acceptors (Lipinski definition) is 4. The standard InChI is InChI=1S/C19H21N3O2S/c1-13-15-9-11-25-16(15)8-10-21(13)12-22-17(23)19(2,20-18(22)24)14-6-4-3-5-7-14/h3-7,9,11,13H,8,10,12H2,1-2H3,(H,20,24)/t13-,19+/m0/s1. The Hall–Kier alpha value is -2.18. The second-order valence-corrected chi connectivity index (χ2v) is 7.83. The molecule has 2 atom stereocenters. The van der Waals surface area contributed by atoms with E-state index in [-0.39, 0.29) is 18.0 Å². The average molecular weight is 355 g/mol. The van der Waals surface area contributed by atoms with Crippen LogP contribution in [0.25, 0.3) is 0 Å². The zero-order valence-corrected chi connectivity index (χ0v) is 15.2. The molecule has 1 fully saturated rings. The number of nitrogens with zero attached hydrogens (tertiary/aromatic N) is 2. The lowest BCUT2D eigenvalue weighted by atomic mass is 9.92.